The summed E-state index contributed by atoms with van der Waals surface area (Å²) in [7, 11) is 1.94. The first-order valence-corrected chi connectivity index (χ1v) is 34.4. The Morgan fingerprint density at radius 3 is 1.45 bits per heavy atom. The van der Waals surface area contributed by atoms with Crippen LogP contribution < -0.4 is 27.4 Å². The van der Waals surface area contributed by atoms with Crippen LogP contribution in [-0.4, -0.2) is 250 Å². The molecule has 2 atom stereocenters. The van der Waals surface area contributed by atoms with E-state index in [9.17, 15) is 53.7 Å². The molecular weight excluding hydrogens is 1190 g/mol. The van der Waals surface area contributed by atoms with E-state index in [2.05, 4.69) is 86.6 Å². The van der Waals surface area contributed by atoms with Crippen molar-refractivity contribution in [3.05, 3.63) is 35.4 Å². The number of thioether (sulfide) groups is 2. The number of carbonyl (C=O) groups excluding carboxylic acids is 4. The van der Waals surface area contributed by atoms with E-state index in [0.29, 0.717) is 91.2 Å². The SMILES string of the molecule is CC.CC.CCC.CCCC(=O)O.CCSCc1cccc(CSC[C@H](C)CC)c1.CNCCCOCCOCCOCCCN.NC(=O)[C@H](CCCCNC(=O)CN1CCN(CC(=O)O)CCN(CC(=O)O)CCN(CC(=O)O)CC1)NC(=O)CCC=O. The first-order valence-electron chi connectivity index (χ1n) is 32.1. The Morgan fingerprint density at radius 1 is 0.618 bits per heavy atom. The molecular formula is C63H123N9O15S2. The number of ether oxygens (including phenoxy) is 3. The number of nitrogens with zero attached hydrogens (tertiary/aromatic N) is 4. The number of carboxylic acid groups (broad SMARTS) is 4. The summed E-state index contributed by atoms with van der Waals surface area (Å²) < 4.78 is 16.0. The van der Waals surface area contributed by atoms with Gasteiger partial charge in [-0.3, -0.25) is 53.2 Å². The van der Waals surface area contributed by atoms with Gasteiger partial charge in [-0.05, 0) is 87.2 Å². The van der Waals surface area contributed by atoms with Gasteiger partial charge in [0.1, 0.15) is 12.3 Å². The van der Waals surface area contributed by atoms with Crippen LogP contribution in [0.3, 0.4) is 0 Å². The molecule has 0 bridgehead atoms. The van der Waals surface area contributed by atoms with Crippen LogP contribution in [0.5, 0.6) is 0 Å². The molecule has 24 nitrogen and oxygen atoms in total. The van der Waals surface area contributed by atoms with Gasteiger partial charge in [-0.1, -0.05) is 106 Å². The van der Waals surface area contributed by atoms with Gasteiger partial charge in [0.2, 0.25) is 17.7 Å². The van der Waals surface area contributed by atoms with Crippen molar-refractivity contribution in [3.63, 3.8) is 0 Å². The van der Waals surface area contributed by atoms with E-state index in [1.165, 1.54) is 35.5 Å². The number of carboxylic acids is 4. The summed E-state index contributed by atoms with van der Waals surface area (Å²) in [5.41, 5.74) is 13.6. The smallest absolute Gasteiger partial charge is 0.317 e. The minimum atomic E-state index is -1.04. The van der Waals surface area contributed by atoms with Gasteiger partial charge in [-0.15, -0.1) is 0 Å². The molecule has 11 N–H and O–H groups in total. The summed E-state index contributed by atoms with van der Waals surface area (Å²) in [4.78, 5) is 97.0. The third kappa shape index (κ3) is 69.3. The minimum Gasteiger partial charge on any atom is -0.481 e. The lowest BCUT2D eigenvalue weighted by molar-refractivity contribution is -0.140. The topological polar surface area (TPSA) is 346 Å². The largest absolute Gasteiger partial charge is 0.481 e. The average molecular weight is 1310 g/mol. The molecule has 26 heteroatoms. The van der Waals surface area contributed by atoms with Gasteiger partial charge in [0.05, 0.1) is 52.6 Å². The van der Waals surface area contributed by atoms with Gasteiger partial charge in [0.15, 0.2) is 0 Å². The fraction of sp³-hybridized carbons (Fsp3) is 0.778. The van der Waals surface area contributed by atoms with Crippen molar-refractivity contribution in [1.29, 1.82) is 0 Å². The molecule has 0 aliphatic carbocycles. The summed E-state index contributed by atoms with van der Waals surface area (Å²) in [6.45, 7) is 28.6. The van der Waals surface area contributed by atoms with Gasteiger partial charge >= 0.3 is 23.9 Å². The Bertz CT molecular complexity index is 1820. The first kappa shape index (κ1) is 93.2. The van der Waals surface area contributed by atoms with Crippen LogP contribution in [0.2, 0.25) is 0 Å². The van der Waals surface area contributed by atoms with E-state index in [1.54, 1.807) is 14.7 Å². The van der Waals surface area contributed by atoms with E-state index in [1.807, 2.05) is 58.3 Å². The predicted octanol–water partition coefficient (Wildman–Crippen LogP) is 6.25. The second-order valence-corrected chi connectivity index (χ2v) is 22.4. The third-order valence-corrected chi connectivity index (χ3v) is 14.3. The van der Waals surface area contributed by atoms with Gasteiger partial charge in [-0.25, -0.2) is 0 Å². The van der Waals surface area contributed by atoms with E-state index in [0.717, 1.165) is 56.4 Å². The summed E-state index contributed by atoms with van der Waals surface area (Å²) in [6.07, 6.45) is 7.39. The van der Waals surface area contributed by atoms with Crippen LogP contribution in [0.25, 0.3) is 0 Å². The molecule has 0 aromatic heterocycles. The quantitative estimate of drug-likeness (QED) is 0.0258. The number of carbonyl (C=O) groups is 8. The van der Waals surface area contributed by atoms with Gasteiger partial charge < -0.3 is 66.8 Å². The normalized spacial score (nSPS) is 13.5. The Kier molecular flexibility index (Phi) is 74.3. The zero-order chi connectivity index (χ0) is 68.3. The number of hydrogen-bond acceptors (Lipinski definition) is 19. The van der Waals surface area contributed by atoms with Crippen molar-refractivity contribution in [1.82, 2.24) is 35.6 Å². The van der Waals surface area contributed by atoms with Crippen LogP contribution in [0.4, 0.5) is 0 Å². The standard InChI is InChI=1S/C26H45N7O10.C15H24S2.C11H26N2O3.C4H8O2.C3H8.2C2H6/c27-26(43)20(29-21(35)5-3-15-34)4-1-2-6-28-22(36)16-30-7-9-31(17-23(37)38)11-13-33(19-25(41)42)14-12-32(10-8-30)18-24(39)40;1-4-13(3)10-17-12-15-8-6-7-14(9-15)11-16-5-2;1-13-5-3-7-15-9-11-16-10-8-14-6-2-4-12;1-2-3-4(5)6;1-3-2;2*1-2/h15,20H,1-14,16-19H2,(H2,27,43)(H,28,36)(H,29,35)(H,37,38)(H,39,40)(H,41,42);6-9,13H,4-5,10-12H2,1-3H3;13H,2-12H2,1H3;2-3H2,1H3,(H,5,6);3H2,1-2H3;2*1-2H3/t20-;13-;;;;;/m01...../s1. The number of aldehydes is 1. The molecule has 0 unspecified atom stereocenters. The number of benzene rings is 1. The van der Waals surface area contributed by atoms with Crippen molar-refractivity contribution >= 4 is 71.4 Å². The molecule has 0 saturated carbocycles. The van der Waals surface area contributed by atoms with Crippen molar-refractivity contribution in [2.24, 2.45) is 17.4 Å². The molecule has 3 amide bonds. The average Bonchev–Trinajstić information content (AvgIpc) is 3.56. The molecule has 1 aliphatic heterocycles. The Hall–Kier alpha value is -4.48. The first-order chi connectivity index (χ1) is 42.7. The van der Waals surface area contributed by atoms with Crippen molar-refractivity contribution < 1.29 is 73.0 Å². The number of nitrogens with one attached hydrogen (secondary N) is 3. The van der Waals surface area contributed by atoms with Gasteiger partial charge in [0.25, 0.3) is 0 Å². The highest BCUT2D eigenvalue weighted by Crippen LogP contribution is 2.20. The maximum absolute atomic E-state index is 12.7. The van der Waals surface area contributed by atoms with Crippen molar-refractivity contribution in [2.45, 2.75) is 157 Å². The van der Waals surface area contributed by atoms with Crippen LogP contribution in [0, 0.1) is 5.92 Å². The number of aliphatic carboxylic acids is 4. The van der Waals surface area contributed by atoms with Crippen LogP contribution in [0.15, 0.2) is 24.3 Å². The molecule has 1 aromatic carbocycles. The molecule has 522 valence electrons. The molecule has 1 aromatic rings. The monoisotopic (exact) mass is 1310 g/mol. The number of nitrogens with two attached hydrogens (primary N) is 2. The number of amides is 3. The maximum atomic E-state index is 12.7. The highest BCUT2D eigenvalue weighted by Gasteiger charge is 2.22. The molecule has 1 heterocycles. The number of primary amides is 1. The Labute approximate surface area is 544 Å². The number of hydrogen-bond donors (Lipinski definition) is 9. The summed E-state index contributed by atoms with van der Waals surface area (Å²) >= 11 is 4.06. The molecule has 1 fully saturated rings. The minimum absolute atomic E-state index is 0.0103. The lowest BCUT2D eigenvalue weighted by Crippen LogP contribution is -2.49. The summed E-state index contributed by atoms with van der Waals surface area (Å²) in [5.74, 6) is 0.399. The summed E-state index contributed by atoms with van der Waals surface area (Å²) in [5, 5.41) is 44.2. The molecule has 0 spiro atoms. The van der Waals surface area contributed by atoms with Crippen LogP contribution >= 0.6 is 23.5 Å². The molecule has 0 radical (unpaired) electrons. The summed E-state index contributed by atoms with van der Waals surface area (Å²) in [6, 6.07) is 8.18. The zero-order valence-corrected chi connectivity index (χ0v) is 58.2. The van der Waals surface area contributed by atoms with E-state index in [4.69, 9.17) is 30.8 Å². The molecule has 2 rings (SSSR count). The molecule has 89 heavy (non-hydrogen) atoms. The number of rotatable bonds is 41. The second kappa shape index (κ2) is 71.0. The fourth-order valence-electron chi connectivity index (χ4n) is 7.30. The molecule has 1 saturated heterocycles. The van der Waals surface area contributed by atoms with E-state index in [-0.39, 0.29) is 77.5 Å². The maximum Gasteiger partial charge on any atom is 0.317 e. The lowest BCUT2D eigenvalue weighted by atomic mass is 10.1. The van der Waals surface area contributed by atoms with E-state index < -0.39 is 41.7 Å². The molecule has 1 aliphatic rings. The third-order valence-electron chi connectivity index (χ3n) is 12.0. The highest BCUT2D eigenvalue weighted by atomic mass is 32.2. The Morgan fingerprint density at radius 2 is 1.07 bits per heavy atom. The van der Waals surface area contributed by atoms with Crippen molar-refractivity contribution in [3.8, 4) is 0 Å². The zero-order valence-electron chi connectivity index (χ0n) is 56.5. The Balaban J connectivity index is -0.000000415. The van der Waals surface area contributed by atoms with Crippen LogP contribution in [-0.2, 0) is 64.1 Å². The van der Waals surface area contributed by atoms with E-state index >= 15 is 0 Å². The number of unbranched alkanes of at least 4 members (excludes halogenated alkanes) is 1. The van der Waals surface area contributed by atoms with Gasteiger partial charge in [-0.2, -0.15) is 23.5 Å². The van der Waals surface area contributed by atoms with Crippen molar-refractivity contribution in [2.75, 3.05) is 156 Å². The highest BCUT2D eigenvalue weighted by molar-refractivity contribution is 7.98. The second-order valence-electron chi connectivity index (χ2n) is 20.1. The van der Waals surface area contributed by atoms with Crippen LogP contribution in [0.1, 0.15) is 151 Å². The van der Waals surface area contributed by atoms with Gasteiger partial charge in [0, 0.05) is 103 Å². The lowest BCUT2D eigenvalue weighted by Gasteiger charge is -2.32. The predicted molar refractivity (Wildman–Crippen MR) is 362 cm³/mol. The fourth-order valence-corrected chi connectivity index (χ4v) is 9.09.